The van der Waals surface area contributed by atoms with Gasteiger partial charge in [0.15, 0.2) is 5.82 Å². The zero-order valence-corrected chi connectivity index (χ0v) is 9.83. The summed E-state index contributed by atoms with van der Waals surface area (Å²) in [4.78, 5) is 3.90. The van der Waals surface area contributed by atoms with Crippen LogP contribution in [0.3, 0.4) is 0 Å². The van der Waals surface area contributed by atoms with Gasteiger partial charge in [0.1, 0.15) is 0 Å². The van der Waals surface area contributed by atoms with Gasteiger partial charge in [0, 0.05) is 6.20 Å². The smallest absolute Gasteiger partial charge is 0.397 e. The van der Waals surface area contributed by atoms with Gasteiger partial charge in [-0.25, -0.2) is 9.67 Å². The summed E-state index contributed by atoms with van der Waals surface area (Å²) in [5.74, 6) is 0.245. The molecule has 2 rings (SSSR count). The van der Waals surface area contributed by atoms with E-state index in [1.807, 2.05) is 0 Å². The Hall–Kier alpha value is -1.57. The lowest BCUT2D eigenvalue weighted by Gasteiger charge is -2.04. The zero-order chi connectivity index (χ0) is 12.6. The van der Waals surface area contributed by atoms with Crippen LogP contribution in [0.2, 0.25) is 0 Å². The van der Waals surface area contributed by atoms with Gasteiger partial charge in [-0.05, 0) is 22.0 Å². The van der Waals surface area contributed by atoms with Crippen LogP contribution >= 0.6 is 15.9 Å². The van der Waals surface area contributed by atoms with Crippen molar-refractivity contribution in [3.05, 3.63) is 34.7 Å². The summed E-state index contributed by atoms with van der Waals surface area (Å²) in [6.45, 7) is 0. The molecular formula is C9H6BrF3N4. The van der Waals surface area contributed by atoms with Crippen molar-refractivity contribution in [2.75, 3.05) is 5.73 Å². The highest BCUT2D eigenvalue weighted by Gasteiger charge is 2.32. The van der Waals surface area contributed by atoms with Crippen molar-refractivity contribution in [2.45, 2.75) is 6.18 Å². The number of halogens is 4. The zero-order valence-electron chi connectivity index (χ0n) is 8.24. The number of pyridine rings is 1. The van der Waals surface area contributed by atoms with E-state index in [0.717, 1.165) is 17.1 Å². The summed E-state index contributed by atoms with van der Waals surface area (Å²) in [7, 11) is 0. The Morgan fingerprint density at radius 3 is 2.53 bits per heavy atom. The van der Waals surface area contributed by atoms with Gasteiger partial charge >= 0.3 is 6.18 Å². The molecule has 2 heterocycles. The van der Waals surface area contributed by atoms with Crippen LogP contribution in [0.4, 0.5) is 18.9 Å². The van der Waals surface area contributed by atoms with E-state index < -0.39 is 11.7 Å². The molecular weight excluding hydrogens is 301 g/mol. The number of nitrogen functional groups attached to an aromatic ring is 1. The minimum atomic E-state index is -4.42. The third kappa shape index (κ3) is 2.41. The van der Waals surface area contributed by atoms with Gasteiger partial charge in [0.25, 0.3) is 0 Å². The molecule has 0 saturated heterocycles. The van der Waals surface area contributed by atoms with E-state index in [1.54, 1.807) is 0 Å². The van der Waals surface area contributed by atoms with E-state index in [0.29, 0.717) is 10.2 Å². The monoisotopic (exact) mass is 306 g/mol. The molecule has 0 aliphatic heterocycles. The van der Waals surface area contributed by atoms with Crippen LogP contribution in [0.25, 0.3) is 5.82 Å². The van der Waals surface area contributed by atoms with Crippen molar-refractivity contribution >= 4 is 21.6 Å². The molecule has 0 saturated carbocycles. The molecule has 0 aromatic carbocycles. The van der Waals surface area contributed by atoms with Crippen molar-refractivity contribution in [3.63, 3.8) is 0 Å². The number of rotatable bonds is 1. The summed E-state index contributed by atoms with van der Waals surface area (Å²) < 4.78 is 38.6. The first kappa shape index (κ1) is 11.9. The number of nitrogens with zero attached hydrogens (tertiary/aromatic N) is 3. The van der Waals surface area contributed by atoms with Crippen LogP contribution < -0.4 is 5.73 Å². The van der Waals surface area contributed by atoms with E-state index >= 15 is 0 Å². The highest BCUT2D eigenvalue weighted by atomic mass is 79.9. The van der Waals surface area contributed by atoms with E-state index in [4.69, 9.17) is 5.73 Å². The fourth-order valence-electron chi connectivity index (χ4n) is 1.20. The summed E-state index contributed by atoms with van der Waals surface area (Å²) in [6, 6.07) is 1.54. The second-order valence-corrected chi connectivity index (χ2v) is 4.10. The Bertz CT molecular complexity index is 549. The van der Waals surface area contributed by atoms with Gasteiger partial charge in [-0.1, -0.05) is 0 Å². The lowest BCUT2D eigenvalue weighted by atomic mass is 10.3. The van der Waals surface area contributed by atoms with Crippen LogP contribution in [0.1, 0.15) is 5.56 Å². The van der Waals surface area contributed by atoms with Crippen LogP contribution in [0.5, 0.6) is 0 Å². The molecule has 2 aromatic heterocycles. The maximum atomic E-state index is 12.4. The van der Waals surface area contributed by atoms with Crippen molar-refractivity contribution in [2.24, 2.45) is 0 Å². The molecule has 0 unspecified atom stereocenters. The predicted octanol–water partition coefficient (Wildman–Crippen LogP) is 2.63. The summed E-state index contributed by atoms with van der Waals surface area (Å²) >= 11 is 3.16. The van der Waals surface area contributed by atoms with E-state index in [1.165, 1.54) is 12.3 Å². The van der Waals surface area contributed by atoms with Crippen LogP contribution in [-0.4, -0.2) is 14.8 Å². The van der Waals surface area contributed by atoms with Crippen molar-refractivity contribution in [1.82, 2.24) is 14.8 Å². The largest absolute Gasteiger partial charge is 0.419 e. The van der Waals surface area contributed by atoms with Crippen molar-refractivity contribution in [3.8, 4) is 5.82 Å². The molecule has 2 N–H and O–H groups in total. The van der Waals surface area contributed by atoms with Gasteiger partial charge < -0.3 is 5.73 Å². The normalized spacial score (nSPS) is 11.8. The second kappa shape index (κ2) is 4.02. The topological polar surface area (TPSA) is 56.7 Å². The highest BCUT2D eigenvalue weighted by Crippen LogP contribution is 2.29. The Morgan fingerprint density at radius 2 is 2.00 bits per heavy atom. The Kier molecular flexibility index (Phi) is 2.82. The molecule has 17 heavy (non-hydrogen) atoms. The first-order valence-corrected chi connectivity index (χ1v) is 5.20. The standard InChI is InChI=1S/C9H6BrF3N4/c10-7-1-6(14)3-15-8(7)17-4-5(2-16-17)9(11,12)13/h1-4H,14H2. The SMILES string of the molecule is Nc1cnc(-n2cc(C(F)(F)F)cn2)c(Br)c1. The van der Waals surface area contributed by atoms with Crippen molar-refractivity contribution in [1.29, 1.82) is 0 Å². The lowest BCUT2D eigenvalue weighted by molar-refractivity contribution is -0.137. The number of aromatic nitrogens is 3. The van der Waals surface area contributed by atoms with Crippen LogP contribution in [-0.2, 0) is 6.18 Å². The average molecular weight is 307 g/mol. The Labute approximate surface area is 102 Å². The molecule has 0 aliphatic rings. The molecule has 0 bridgehead atoms. The Morgan fingerprint density at radius 1 is 1.29 bits per heavy atom. The Balaban J connectivity index is 2.44. The number of alkyl halides is 3. The van der Waals surface area contributed by atoms with Gasteiger partial charge in [0.05, 0.1) is 28.1 Å². The van der Waals surface area contributed by atoms with Crippen LogP contribution in [0.15, 0.2) is 29.1 Å². The first-order valence-electron chi connectivity index (χ1n) is 4.41. The predicted molar refractivity (Wildman–Crippen MR) is 58.5 cm³/mol. The summed E-state index contributed by atoms with van der Waals surface area (Å²) in [5, 5.41) is 3.61. The molecule has 0 spiro atoms. The van der Waals surface area contributed by atoms with Gasteiger partial charge in [0.2, 0.25) is 0 Å². The molecule has 0 fully saturated rings. The molecule has 90 valence electrons. The lowest BCUT2D eigenvalue weighted by Crippen LogP contribution is -2.04. The maximum absolute atomic E-state index is 12.4. The average Bonchev–Trinajstić information content (AvgIpc) is 2.65. The number of nitrogens with two attached hydrogens (primary N) is 1. The molecule has 0 atom stereocenters. The van der Waals surface area contributed by atoms with E-state index in [9.17, 15) is 13.2 Å². The second-order valence-electron chi connectivity index (χ2n) is 3.25. The minimum Gasteiger partial charge on any atom is -0.397 e. The van der Waals surface area contributed by atoms with Gasteiger partial charge in [-0.15, -0.1) is 0 Å². The minimum absolute atomic E-state index is 0.245. The molecule has 0 aliphatic carbocycles. The van der Waals surface area contributed by atoms with Crippen molar-refractivity contribution < 1.29 is 13.2 Å². The fourth-order valence-corrected chi connectivity index (χ4v) is 1.75. The fraction of sp³-hybridized carbons (Fsp3) is 0.111. The maximum Gasteiger partial charge on any atom is 0.419 e. The summed E-state index contributed by atoms with van der Waals surface area (Å²) in [6.07, 6.45) is -1.47. The van der Waals surface area contributed by atoms with E-state index in [2.05, 4.69) is 26.0 Å². The quantitative estimate of drug-likeness (QED) is 0.881. The molecule has 8 heteroatoms. The first-order chi connectivity index (χ1) is 7.88. The third-order valence-corrected chi connectivity index (χ3v) is 2.55. The summed E-state index contributed by atoms with van der Waals surface area (Å²) in [5.41, 5.74) is 5.05. The van der Waals surface area contributed by atoms with Crippen LogP contribution in [0, 0.1) is 0 Å². The third-order valence-electron chi connectivity index (χ3n) is 1.97. The molecule has 2 aromatic rings. The van der Waals surface area contributed by atoms with Gasteiger partial charge in [-0.3, -0.25) is 0 Å². The highest BCUT2D eigenvalue weighted by molar-refractivity contribution is 9.10. The number of hydrogen-bond acceptors (Lipinski definition) is 3. The van der Waals surface area contributed by atoms with Gasteiger partial charge in [-0.2, -0.15) is 18.3 Å². The molecule has 0 amide bonds. The number of anilines is 1. The molecule has 4 nitrogen and oxygen atoms in total. The number of hydrogen-bond donors (Lipinski definition) is 1. The molecule has 0 radical (unpaired) electrons. The van der Waals surface area contributed by atoms with E-state index in [-0.39, 0.29) is 5.82 Å².